The van der Waals surface area contributed by atoms with E-state index in [1.54, 1.807) is 24.3 Å². The van der Waals surface area contributed by atoms with Crippen LogP contribution in [0.3, 0.4) is 0 Å². The second-order valence-electron chi connectivity index (χ2n) is 7.81. The van der Waals surface area contributed by atoms with E-state index < -0.39 is 17.3 Å². The van der Waals surface area contributed by atoms with E-state index in [9.17, 15) is 18.0 Å². The number of likely N-dealkylation sites (N-methyl/N-ethyl adjacent to an activating group) is 1. The largest absolute Gasteiger partial charge is 0.417 e. The molecule has 0 saturated carbocycles. The highest BCUT2D eigenvalue weighted by Crippen LogP contribution is 2.28. The molecule has 0 atom stereocenters. The highest BCUT2D eigenvalue weighted by atomic mass is 19.4. The van der Waals surface area contributed by atoms with Gasteiger partial charge in [-0.1, -0.05) is 24.3 Å². The van der Waals surface area contributed by atoms with Crippen molar-refractivity contribution in [3.05, 3.63) is 69.6 Å². The van der Waals surface area contributed by atoms with Crippen LogP contribution < -0.4 is 5.56 Å². The van der Waals surface area contributed by atoms with Crippen molar-refractivity contribution in [1.29, 1.82) is 5.41 Å². The third-order valence-corrected chi connectivity index (χ3v) is 5.46. The van der Waals surface area contributed by atoms with E-state index in [1.807, 2.05) is 0 Å². The molecule has 3 rings (SSSR count). The average molecular weight is 420 g/mol. The van der Waals surface area contributed by atoms with Gasteiger partial charge in [-0.05, 0) is 43.6 Å². The summed E-state index contributed by atoms with van der Waals surface area (Å²) >= 11 is 0. The minimum Gasteiger partial charge on any atom is -0.311 e. The number of hydrogen-bond acceptors (Lipinski definition) is 4. The van der Waals surface area contributed by atoms with Crippen LogP contribution in [0.15, 0.2) is 47.4 Å². The molecule has 1 saturated heterocycles. The van der Waals surface area contributed by atoms with Crippen molar-refractivity contribution in [2.24, 2.45) is 0 Å². The molecule has 1 aliphatic rings. The molecule has 0 unspecified atom stereocenters. The van der Waals surface area contributed by atoms with Crippen molar-refractivity contribution in [1.82, 2.24) is 14.4 Å². The monoisotopic (exact) mass is 420 g/mol. The van der Waals surface area contributed by atoms with Crippen LogP contribution >= 0.6 is 0 Å². The van der Waals surface area contributed by atoms with Crippen molar-refractivity contribution in [2.45, 2.75) is 25.6 Å². The van der Waals surface area contributed by atoms with E-state index in [1.165, 1.54) is 0 Å². The number of rotatable bonds is 7. The van der Waals surface area contributed by atoms with Crippen molar-refractivity contribution in [2.75, 3.05) is 39.8 Å². The maximum Gasteiger partial charge on any atom is 0.417 e. The molecule has 0 bridgehead atoms. The summed E-state index contributed by atoms with van der Waals surface area (Å²) in [5.74, 6) is 0. The highest BCUT2D eigenvalue weighted by Gasteiger charge is 2.31. The number of pyridine rings is 1. The minimum absolute atomic E-state index is 0.0553. The topological polar surface area (TPSA) is 52.3 Å². The smallest absolute Gasteiger partial charge is 0.311 e. The lowest BCUT2D eigenvalue weighted by Crippen LogP contribution is -2.44. The van der Waals surface area contributed by atoms with Crippen molar-refractivity contribution < 1.29 is 13.2 Å². The molecule has 0 amide bonds. The number of hydrogen-bond donors (Lipinski definition) is 1. The first-order valence-electron chi connectivity index (χ1n) is 10.1. The molecule has 5 nitrogen and oxygen atoms in total. The van der Waals surface area contributed by atoms with Crippen LogP contribution in [0.1, 0.15) is 29.5 Å². The van der Waals surface area contributed by atoms with Gasteiger partial charge in [-0.3, -0.25) is 4.79 Å². The minimum atomic E-state index is -4.49. The Balaban J connectivity index is 1.55. The summed E-state index contributed by atoms with van der Waals surface area (Å²) in [5, 5.41) is 8.29. The zero-order valence-corrected chi connectivity index (χ0v) is 17.1. The number of benzene rings is 1. The summed E-state index contributed by atoms with van der Waals surface area (Å²) in [6.45, 7) is 5.31. The molecule has 1 fully saturated rings. The third kappa shape index (κ3) is 6.03. The van der Waals surface area contributed by atoms with Crippen molar-refractivity contribution in [3.63, 3.8) is 0 Å². The number of halogens is 3. The SMILES string of the molecule is CN1CCN(CCCC(=N)c2ccc(Cn3cc(C(F)(F)F)ccc3=O)cc2)CC1. The molecule has 1 aromatic carbocycles. The lowest BCUT2D eigenvalue weighted by molar-refractivity contribution is -0.138. The quantitative estimate of drug-likeness (QED) is 0.700. The number of nitrogens with one attached hydrogen (secondary N) is 1. The van der Waals surface area contributed by atoms with Crippen LogP contribution in [-0.2, 0) is 12.7 Å². The number of alkyl halides is 3. The Bertz CT molecular complexity index is 913. The van der Waals surface area contributed by atoms with Gasteiger partial charge in [-0.25, -0.2) is 0 Å². The van der Waals surface area contributed by atoms with Gasteiger partial charge in [-0.2, -0.15) is 13.2 Å². The van der Waals surface area contributed by atoms with E-state index in [-0.39, 0.29) is 6.54 Å². The summed E-state index contributed by atoms with van der Waals surface area (Å²) in [5.41, 5.74) is 0.732. The van der Waals surface area contributed by atoms with Gasteiger partial charge in [0.1, 0.15) is 0 Å². The van der Waals surface area contributed by atoms with E-state index in [2.05, 4.69) is 16.8 Å². The Morgan fingerprint density at radius 2 is 1.70 bits per heavy atom. The molecule has 8 heteroatoms. The summed E-state index contributed by atoms with van der Waals surface area (Å²) in [6.07, 6.45) is -2.04. The van der Waals surface area contributed by atoms with E-state index >= 15 is 0 Å². The molecular weight excluding hydrogens is 393 g/mol. The Morgan fingerprint density at radius 3 is 2.33 bits per heavy atom. The maximum absolute atomic E-state index is 12.9. The summed E-state index contributed by atoms with van der Waals surface area (Å²) in [6, 6.07) is 8.85. The zero-order valence-electron chi connectivity index (χ0n) is 17.1. The van der Waals surface area contributed by atoms with Crippen LogP contribution in [0.2, 0.25) is 0 Å². The fourth-order valence-corrected chi connectivity index (χ4v) is 3.53. The molecule has 0 aliphatic carbocycles. The van der Waals surface area contributed by atoms with Gasteiger partial charge in [0.2, 0.25) is 0 Å². The van der Waals surface area contributed by atoms with Crippen LogP contribution in [0.25, 0.3) is 0 Å². The van der Waals surface area contributed by atoms with Gasteiger partial charge in [0, 0.05) is 44.2 Å². The summed E-state index contributed by atoms with van der Waals surface area (Å²) < 4.78 is 39.7. The van der Waals surface area contributed by atoms with E-state index in [4.69, 9.17) is 5.41 Å². The summed E-state index contributed by atoms with van der Waals surface area (Å²) in [4.78, 5) is 16.6. The Hall–Kier alpha value is -2.45. The first kappa shape index (κ1) is 22.2. The zero-order chi connectivity index (χ0) is 21.7. The Kier molecular flexibility index (Phi) is 7.10. The van der Waals surface area contributed by atoms with Crippen LogP contribution in [0.5, 0.6) is 0 Å². The van der Waals surface area contributed by atoms with Crippen LogP contribution in [0.4, 0.5) is 13.2 Å². The second-order valence-corrected chi connectivity index (χ2v) is 7.81. The summed E-state index contributed by atoms with van der Waals surface area (Å²) in [7, 11) is 2.13. The standard InChI is InChI=1S/C22H27F3N4O/c1-27-11-13-28(14-12-27)10-2-3-20(26)18-6-4-17(5-7-18)15-29-16-19(22(23,24)25)8-9-21(29)30/h4-9,16,26H,2-3,10-15H2,1H3. The van der Waals surface area contributed by atoms with Gasteiger partial charge in [0.05, 0.1) is 12.1 Å². The third-order valence-electron chi connectivity index (χ3n) is 5.46. The first-order valence-corrected chi connectivity index (χ1v) is 10.1. The molecule has 30 heavy (non-hydrogen) atoms. The number of nitrogens with zero attached hydrogens (tertiary/aromatic N) is 3. The van der Waals surface area contributed by atoms with Crippen molar-refractivity contribution >= 4 is 5.71 Å². The molecule has 0 spiro atoms. The molecule has 162 valence electrons. The molecule has 0 radical (unpaired) electrons. The predicted octanol–water partition coefficient (Wildman–Crippen LogP) is 3.31. The van der Waals surface area contributed by atoms with Gasteiger partial charge >= 0.3 is 6.18 Å². The normalized spacial score (nSPS) is 16.0. The molecule has 1 aromatic heterocycles. The van der Waals surface area contributed by atoms with Gasteiger partial charge < -0.3 is 19.8 Å². The van der Waals surface area contributed by atoms with Crippen LogP contribution in [-0.4, -0.2) is 59.9 Å². The molecule has 2 heterocycles. The average Bonchev–Trinajstić information content (AvgIpc) is 2.71. The first-order chi connectivity index (χ1) is 14.2. The Labute approximate surface area is 174 Å². The Morgan fingerprint density at radius 1 is 1.03 bits per heavy atom. The van der Waals surface area contributed by atoms with Gasteiger partial charge in [0.25, 0.3) is 5.56 Å². The van der Waals surface area contributed by atoms with Crippen molar-refractivity contribution in [3.8, 4) is 0 Å². The number of aromatic nitrogens is 1. The van der Waals surface area contributed by atoms with Gasteiger partial charge in [-0.15, -0.1) is 0 Å². The van der Waals surface area contributed by atoms with E-state index in [0.29, 0.717) is 17.7 Å². The lowest BCUT2D eigenvalue weighted by Gasteiger charge is -2.32. The fraction of sp³-hybridized carbons (Fsp3) is 0.455. The lowest BCUT2D eigenvalue weighted by atomic mass is 10.0. The molecule has 1 N–H and O–H groups in total. The second kappa shape index (κ2) is 9.57. The number of piperazine rings is 1. The highest BCUT2D eigenvalue weighted by molar-refractivity contribution is 5.98. The van der Waals surface area contributed by atoms with Gasteiger partial charge in [0.15, 0.2) is 0 Å². The molecule has 1 aliphatic heterocycles. The molecular formula is C22H27F3N4O. The predicted molar refractivity (Wildman–Crippen MR) is 111 cm³/mol. The maximum atomic E-state index is 12.9. The van der Waals surface area contributed by atoms with Crippen LogP contribution in [0, 0.1) is 5.41 Å². The fourth-order valence-electron chi connectivity index (χ4n) is 3.53. The van der Waals surface area contributed by atoms with E-state index in [0.717, 1.165) is 67.6 Å². The molecule has 2 aromatic rings.